The summed E-state index contributed by atoms with van der Waals surface area (Å²) >= 11 is 0. The molecular weight excluding hydrogens is 364 g/mol. The Balaban J connectivity index is 1.93. The summed E-state index contributed by atoms with van der Waals surface area (Å²) in [5, 5.41) is 0. The van der Waals surface area contributed by atoms with Crippen LogP contribution >= 0.6 is 0 Å². The number of carbonyl (C=O) groups is 1. The first kappa shape index (κ1) is 20.9. The molecule has 0 radical (unpaired) electrons. The molecule has 1 atom stereocenters. The number of hydrogen-bond donors (Lipinski definition) is 0. The average molecular weight is 395 g/mol. The summed E-state index contributed by atoms with van der Waals surface area (Å²) in [7, 11) is 5.69. The molecule has 1 saturated heterocycles. The first-order chi connectivity index (χ1) is 13.7. The number of likely N-dealkylation sites (N-methyl/N-ethyl adjacent to an activating group) is 1. The first-order valence-electron chi connectivity index (χ1n) is 9.80. The van der Waals surface area contributed by atoms with Gasteiger partial charge in [0.05, 0.1) is 13.2 Å². The number of carbonyl (C=O) groups excluding carboxylic acids is 1. The molecule has 29 heavy (non-hydrogen) atoms. The number of amides is 1. The summed E-state index contributed by atoms with van der Waals surface area (Å²) in [6.07, 6.45) is 0. The van der Waals surface area contributed by atoms with Crippen LogP contribution in [0.3, 0.4) is 0 Å². The van der Waals surface area contributed by atoms with Crippen molar-refractivity contribution in [1.82, 2.24) is 4.90 Å². The molecule has 0 aromatic heterocycles. The minimum absolute atomic E-state index is 0.0593. The number of nitrogens with zero attached hydrogens (tertiary/aromatic N) is 2. The second kappa shape index (κ2) is 8.29. The van der Waals surface area contributed by atoms with Crippen molar-refractivity contribution in [3.63, 3.8) is 0 Å². The Morgan fingerprint density at radius 3 is 2.45 bits per heavy atom. The Hall–Kier alpha value is -2.79. The lowest BCUT2D eigenvalue weighted by Crippen LogP contribution is -2.48. The highest BCUT2D eigenvalue weighted by molar-refractivity contribution is 6.15. The van der Waals surface area contributed by atoms with Crippen molar-refractivity contribution in [1.29, 1.82) is 0 Å². The molecule has 154 valence electrons. The van der Waals surface area contributed by atoms with Crippen molar-refractivity contribution in [2.24, 2.45) is 0 Å². The van der Waals surface area contributed by atoms with Gasteiger partial charge in [0.2, 0.25) is 0 Å². The van der Waals surface area contributed by atoms with Crippen LogP contribution in [0.5, 0.6) is 11.5 Å². The van der Waals surface area contributed by atoms with E-state index < -0.39 is 0 Å². The third-order valence-corrected chi connectivity index (χ3v) is 5.51. The monoisotopic (exact) mass is 394 g/mol. The van der Waals surface area contributed by atoms with Crippen LogP contribution in [-0.4, -0.2) is 45.2 Å². The van der Waals surface area contributed by atoms with Gasteiger partial charge in [0.25, 0.3) is 5.91 Å². The van der Waals surface area contributed by atoms with Crippen LogP contribution in [0.2, 0.25) is 0 Å². The Bertz CT molecular complexity index is 949. The number of methoxy groups -OCH3 is 1. The molecule has 0 bridgehead atoms. The van der Waals surface area contributed by atoms with Crippen LogP contribution < -0.4 is 14.4 Å². The molecule has 1 amide bonds. The normalized spacial score (nSPS) is 16.2. The number of rotatable bonds is 7. The highest BCUT2D eigenvalue weighted by Crippen LogP contribution is 2.44. The summed E-state index contributed by atoms with van der Waals surface area (Å²) < 4.78 is 11.5. The molecule has 1 aliphatic rings. The zero-order chi connectivity index (χ0) is 21.3. The van der Waals surface area contributed by atoms with Crippen molar-refractivity contribution in [2.45, 2.75) is 26.8 Å². The van der Waals surface area contributed by atoms with E-state index in [-0.39, 0.29) is 11.9 Å². The van der Waals surface area contributed by atoms with Crippen molar-refractivity contribution < 1.29 is 14.3 Å². The van der Waals surface area contributed by atoms with Crippen LogP contribution in [0, 0.1) is 20.8 Å². The van der Waals surface area contributed by atoms with Crippen molar-refractivity contribution in [3.8, 4) is 11.5 Å². The highest BCUT2D eigenvalue weighted by Gasteiger charge is 2.43. The topological polar surface area (TPSA) is 42.0 Å². The van der Waals surface area contributed by atoms with Crippen molar-refractivity contribution in [2.75, 3.05) is 39.3 Å². The first-order valence-corrected chi connectivity index (χ1v) is 9.80. The molecule has 0 unspecified atom stereocenters. The standard InChI is InChI=1S/C24H30N2O3/c1-15-8-9-19(13-21(15)29-11-10-25(5)6)23-18(4)24(27)26(23)20-12-16(2)17(3)22(14-20)28-7/h8-9,12-14,23H,4,10-11H2,1-3,5-7H3/t23-/m1/s1. The van der Waals surface area contributed by atoms with Crippen LogP contribution in [0.4, 0.5) is 5.69 Å². The zero-order valence-corrected chi connectivity index (χ0v) is 18.2. The van der Waals surface area contributed by atoms with E-state index in [4.69, 9.17) is 9.47 Å². The minimum atomic E-state index is -0.203. The maximum Gasteiger partial charge on any atom is 0.256 e. The lowest BCUT2D eigenvalue weighted by Gasteiger charge is -2.43. The molecule has 3 rings (SSSR count). The van der Waals surface area contributed by atoms with Crippen LogP contribution in [0.25, 0.3) is 0 Å². The number of ether oxygens (including phenoxy) is 2. The van der Waals surface area contributed by atoms with Crippen molar-refractivity contribution >= 4 is 11.6 Å². The molecule has 0 saturated carbocycles. The van der Waals surface area contributed by atoms with E-state index in [0.717, 1.165) is 46.0 Å². The van der Waals surface area contributed by atoms with Gasteiger partial charge in [-0.1, -0.05) is 18.7 Å². The van der Waals surface area contributed by atoms with Gasteiger partial charge in [-0.2, -0.15) is 0 Å². The van der Waals surface area contributed by atoms with E-state index in [9.17, 15) is 4.79 Å². The fourth-order valence-corrected chi connectivity index (χ4v) is 3.54. The number of hydrogen-bond acceptors (Lipinski definition) is 4. The van der Waals surface area contributed by atoms with Gasteiger partial charge in [0.1, 0.15) is 18.1 Å². The third-order valence-electron chi connectivity index (χ3n) is 5.51. The Kier molecular flexibility index (Phi) is 5.99. The second-order valence-corrected chi connectivity index (χ2v) is 7.87. The summed E-state index contributed by atoms with van der Waals surface area (Å²) in [4.78, 5) is 16.6. The van der Waals surface area contributed by atoms with Crippen LogP contribution in [-0.2, 0) is 4.79 Å². The lowest BCUT2D eigenvalue weighted by atomic mass is 9.87. The second-order valence-electron chi connectivity index (χ2n) is 7.87. The summed E-state index contributed by atoms with van der Waals surface area (Å²) in [5.74, 6) is 1.56. The van der Waals surface area contributed by atoms with Gasteiger partial charge in [-0.25, -0.2) is 0 Å². The Labute approximate surface area is 173 Å². The molecule has 2 aromatic rings. The third kappa shape index (κ3) is 4.01. The van der Waals surface area contributed by atoms with E-state index in [1.807, 2.05) is 65.2 Å². The Morgan fingerprint density at radius 1 is 1.07 bits per heavy atom. The molecule has 0 spiro atoms. The maximum absolute atomic E-state index is 12.7. The number of benzene rings is 2. The molecule has 5 heteroatoms. The van der Waals surface area contributed by atoms with E-state index in [1.165, 1.54) is 0 Å². The largest absolute Gasteiger partial charge is 0.496 e. The van der Waals surface area contributed by atoms with Crippen LogP contribution in [0.15, 0.2) is 42.5 Å². The number of β-lactam (4-membered cyclic amide) rings is 1. The van der Waals surface area contributed by atoms with E-state index in [1.54, 1.807) is 12.0 Å². The molecule has 0 aliphatic carbocycles. The molecule has 5 nitrogen and oxygen atoms in total. The molecule has 0 N–H and O–H groups in total. The Morgan fingerprint density at radius 2 is 1.79 bits per heavy atom. The van der Waals surface area contributed by atoms with Gasteiger partial charge in [-0.15, -0.1) is 0 Å². The summed E-state index contributed by atoms with van der Waals surface area (Å²) in [6, 6.07) is 9.85. The lowest BCUT2D eigenvalue weighted by molar-refractivity contribution is -0.118. The quantitative estimate of drug-likeness (QED) is 0.521. The summed E-state index contributed by atoms with van der Waals surface area (Å²) in [5.41, 5.74) is 5.64. The van der Waals surface area contributed by atoms with Gasteiger partial charge in [0.15, 0.2) is 0 Å². The number of anilines is 1. The average Bonchev–Trinajstić information content (AvgIpc) is 2.68. The fraction of sp³-hybridized carbons (Fsp3) is 0.375. The summed E-state index contributed by atoms with van der Waals surface area (Å²) in [6.45, 7) is 11.5. The molecule has 2 aromatic carbocycles. The van der Waals surface area contributed by atoms with E-state index >= 15 is 0 Å². The molecule has 1 aliphatic heterocycles. The van der Waals surface area contributed by atoms with E-state index in [0.29, 0.717) is 12.2 Å². The molecular formula is C24H30N2O3. The molecule has 1 heterocycles. The van der Waals surface area contributed by atoms with Gasteiger partial charge in [-0.3, -0.25) is 9.69 Å². The maximum atomic E-state index is 12.7. The SMILES string of the molecule is C=C1C(=O)N(c2cc(C)c(C)c(OC)c2)[C@H]1c1ccc(C)c(OCCN(C)C)c1. The van der Waals surface area contributed by atoms with Crippen molar-refractivity contribution in [3.05, 3.63) is 64.7 Å². The smallest absolute Gasteiger partial charge is 0.256 e. The zero-order valence-electron chi connectivity index (χ0n) is 18.2. The van der Waals surface area contributed by atoms with Gasteiger partial charge in [0, 0.05) is 23.9 Å². The van der Waals surface area contributed by atoms with Gasteiger partial charge in [-0.05, 0) is 69.3 Å². The van der Waals surface area contributed by atoms with Gasteiger partial charge >= 0.3 is 0 Å². The predicted octanol–water partition coefficient (Wildman–Crippen LogP) is 4.20. The van der Waals surface area contributed by atoms with Gasteiger partial charge < -0.3 is 14.4 Å². The fourth-order valence-electron chi connectivity index (χ4n) is 3.54. The molecule has 1 fully saturated rings. The number of aryl methyl sites for hydroxylation is 2. The minimum Gasteiger partial charge on any atom is -0.496 e. The highest BCUT2D eigenvalue weighted by atomic mass is 16.5. The van der Waals surface area contributed by atoms with E-state index in [2.05, 4.69) is 11.5 Å². The predicted molar refractivity (Wildman–Crippen MR) is 117 cm³/mol. The van der Waals surface area contributed by atoms with Crippen LogP contribution in [0.1, 0.15) is 28.3 Å².